The van der Waals surface area contributed by atoms with Crippen molar-refractivity contribution < 1.29 is 73.2 Å². The molecule has 0 saturated heterocycles. The van der Waals surface area contributed by atoms with Gasteiger partial charge in [-0.15, -0.1) is 0 Å². The molecule has 0 heterocycles. The maximum atomic E-state index is 13.8. The maximum absolute atomic E-state index is 13.8. The first-order chi connectivity index (χ1) is 43.5. The van der Waals surface area contributed by atoms with Gasteiger partial charge < -0.3 is 114 Å². The third-order valence-corrected chi connectivity index (χ3v) is 14.6. The van der Waals surface area contributed by atoms with Gasteiger partial charge in [0.25, 0.3) is 0 Å². The lowest BCUT2D eigenvalue weighted by Crippen LogP contribution is -2.58. The molecule has 28 N–H and O–H groups in total. The lowest BCUT2D eigenvalue weighted by Gasteiger charge is -2.25. The van der Waals surface area contributed by atoms with Crippen LogP contribution in [0.2, 0.25) is 0 Å². The van der Waals surface area contributed by atoms with Gasteiger partial charge in [0.15, 0.2) is 11.9 Å². The quantitative estimate of drug-likeness (QED) is 0.0167. The van der Waals surface area contributed by atoms with Crippen molar-refractivity contribution in [1.82, 2.24) is 53.2 Å². The third-order valence-electron chi connectivity index (χ3n) is 14.6. The van der Waals surface area contributed by atoms with Crippen LogP contribution >= 0.6 is 0 Å². The smallest absolute Gasteiger partial charge is 0.245 e. The van der Waals surface area contributed by atoms with Gasteiger partial charge in [-0.3, -0.25) is 62.7 Å². The van der Waals surface area contributed by atoms with Crippen molar-refractivity contribution in [2.75, 3.05) is 45.9 Å². The number of primary amides is 1. The van der Waals surface area contributed by atoms with Gasteiger partial charge in [0.05, 0.1) is 38.4 Å². The molecule has 0 aromatic heterocycles. The highest BCUT2D eigenvalue weighted by Gasteiger charge is 2.33. The molecule has 0 spiro atoms. The van der Waals surface area contributed by atoms with Crippen LogP contribution in [0.3, 0.4) is 0 Å². The van der Waals surface area contributed by atoms with Gasteiger partial charge in [0.2, 0.25) is 65.0 Å². The van der Waals surface area contributed by atoms with Gasteiger partial charge in [-0.2, -0.15) is 0 Å². The highest BCUT2D eigenvalue weighted by Crippen LogP contribution is 2.15. The van der Waals surface area contributed by atoms with Crippen LogP contribution in [-0.2, 0) is 65.6 Å². The average Bonchev–Trinajstić information content (AvgIpc) is 1.81. The Labute approximate surface area is 533 Å². The number of nitrogens with zero attached hydrogens (tertiary/aromatic N) is 2. The Morgan fingerprint density at radius 1 is 0.435 bits per heavy atom. The fourth-order valence-corrected chi connectivity index (χ4v) is 8.77. The van der Waals surface area contributed by atoms with Crippen molar-refractivity contribution >= 4 is 76.9 Å². The zero-order chi connectivity index (χ0) is 69.0. The van der Waals surface area contributed by atoms with E-state index < -0.39 is 157 Å². The van der Waals surface area contributed by atoms with Gasteiger partial charge in [-0.1, -0.05) is 64.8 Å². The van der Waals surface area contributed by atoms with E-state index in [9.17, 15) is 73.2 Å². The molecule has 2 rings (SSSR count). The molecule has 0 bridgehead atoms. The molecule has 34 heteroatoms. The normalized spacial score (nSPS) is 14.5. The van der Waals surface area contributed by atoms with E-state index in [4.69, 9.17) is 40.1 Å². The number of aliphatic imine (C=N–C) groups is 2. The van der Waals surface area contributed by atoms with E-state index in [1.165, 1.54) is 24.3 Å². The van der Waals surface area contributed by atoms with Crippen molar-refractivity contribution in [2.45, 2.75) is 153 Å². The van der Waals surface area contributed by atoms with Crippen LogP contribution in [0.5, 0.6) is 11.5 Å². The number of benzene rings is 2. The summed E-state index contributed by atoms with van der Waals surface area (Å²) in [6.07, 6.45) is 1.42. The van der Waals surface area contributed by atoms with Crippen LogP contribution in [-0.4, -0.2) is 198 Å². The minimum absolute atomic E-state index is 0.00201. The number of aromatic hydroxyl groups is 2. The molecular formula is C58H95N19O15. The van der Waals surface area contributed by atoms with E-state index in [-0.39, 0.29) is 101 Å². The summed E-state index contributed by atoms with van der Waals surface area (Å²) < 4.78 is 0. The second kappa shape index (κ2) is 41.8. The zero-order valence-corrected chi connectivity index (χ0v) is 52.4. The second-order valence-electron chi connectivity index (χ2n) is 22.0. The first-order valence-corrected chi connectivity index (χ1v) is 30.2. The van der Waals surface area contributed by atoms with Gasteiger partial charge in [0.1, 0.15) is 53.8 Å². The number of hydrogen-bond donors (Lipinski definition) is 21. The Morgan fingerprint density at radius 2 is 0.793 bits per heavy atom. The number of carbonyl (C=O) groups excluding carboxylic acids is 11. The molecule has 11 atom stereocenters. The number of hydrogen-bond acceptors (Lipinski definition) is 19. The van der Waals surface area contributed by atoms with Gasteiger partial charge in [-0.05, 0) is 105 Å². The molecule has 0 radical (unpaired) electrons. The molecule has 2 aromatic carbocycles. The van der Waals surface area contributed by atoms with Crippen LogP contribution < -0.4 is 93.3 Å². The molecule has 0 aliphatic heterocycles. The first kappa shape index (κ1) is 78.7. The summed E-state index contributed by atoms with van der Waals surface area (Å²) in [5.41, 5.74) is 41.0. The SMILES string of the molecule is CC[C@H](C)[C@H](NC(=O)[C@@H](N)Cc1ccc(O)cc1)C(=O)NCC(=O)N[C@@H](CO)C(=O)N[C@@H](CCCN=C(N)N)C(=O)NCCCC[C@H](NC(=O)[C@H](CCCN=C(N)N)NC(=O)[C@H](CO)NC(=O)CNC(=O)[C@@H](NC(=O)[C@@H](N)Cc1ccc(O)cc1)[C@@H](C)CC)C(N)=O. The number of nitrogens with one attached hydrogen (secondary N) is 10. The van der Waals surface area contributed by atoms with Crippen LogP contribution in [0.15, 0.2) is 58.5 Å². The fraction of sp³-hybridized carbons (Fsp3) is 0.569. The number of unbranched alkanes of at least 4 members (excludes halogenated alkanes) is 1. The summed E-state index contributed by atoms with van der Waals surface area (Å²) >= 11 is 0. The number of nitrogens with two attached hydrogens (primary N) is 7. The van der Waals surface area contributed by atoms with Crippen molar-refractivity contribution in [3.05, 3.63) is 59.7 Å². The number of phenolic OH excluding ortho intramolecular Hbond substituents is 2. The monoisotopic (exact) mass is 1300 g/mol. The summed E-state index contributed by atoms with van der Waals surface area (Å²) in [5, 5.41) is 64.2. The lowest BCUT2D eigenvalue weighted by atomic mass is 9.97. The predicted molar refractivity (Wildman–Crippen MR) is 338 cm³/mol. The topological polar surface area (TPSA) is 596 Å². The average molecular weight is 1300 g/mol. The maximum Gasteiger partial charge on any atom is 0.245 e. The van der Waals surface area contributed by atoms with E-state index in [1.807, 2.05) is 0 Å². The molecule has 0 fully saturated rings. The number of rotatable bonds is 43. The number of aliphatic hydroxyl groups excluding tert-OH is 2. The van der Waals surface area contributed by atoms with Gasteiger partial charge >= 0.3 is 0 Å². The lowest BCUT2D eigenvalue weighted by molar-refractivity contribution is -0.134. The Balaban J connectivity index is 2.06. The minimum atomic E-state index is -1.67. The Kier molecular flexibility index (Phi) is 35.8. The van der Waals surface area contributed by atoms with Gasteiger partial charge in [-0.25, -0.2) is 0 Å². The van der Waals surface area contributed by atoms with Crippen LogP contribution in [0.4, 0.5) is 0 Å². The Hall–Kier alpha value is -9.41. The molecular weight excluding hydrogens is 1200 g/mol. The van der Waals surface area contributed by atoms with E-state index in [2.05, 4.69) is 63.2 Å². The van der Waals surface area contributed by atoms with E-state index in [1.54, 1.807) is 52.0 Å². The summed E-state index contributed by atoms with van der Waals surface area (Å²) in [7, 11) is 0. The molecule has 0 aliphatic rings. The second-order valence-corrected chi connectivity index (χ2v) is 22.0. The molecule has 512 valence electrons. The molecule has 11 amide bonds. The summed E-state index contributed by atoms with van der Waals surface area (Å²) in [5.74, 6) is -10.5. The van der Waals surface area contributed by atoms with Crippen molar-refractivity contribution in [2.24, 2.45) is 62.0 Å². The van der Waals surface area contributed by atoms with E-state index in [0.29, 0.717) is 24.0 Å². The highest BCUT2D eigenvalue weighted by molar-refractivity contribution is 5.97. The third kappa shape index (κ3) is 29.9. The fourth-order valence-electron chi connectivity index (χ4n) is 8.77. The summed E-state index contributed by atoms with van der Waals surface area (Å²) in [6.45, 7) is 3.68. The summed E-state index contributed by atoms with van der Waals surface area (Å²) in [6, 6.07) is 0.454. The van der Waals surface area contributed by atoms with Crippen molar-refractivity contribution in [3.63, 3.8) is 0 Å². The van der Waals surface area contributed by atoms with Gasteiger partial charge in [0, 0.05) is 19.6 Å². The molecule has 2 aromatic rings. The Morgan fingerprint density at radius 3 is 1.15 bits per heavy atom. The van der Waals surface area contributed by atoms with Crippen LogP contribution in [0.25, 0.3) is 0 Å². The molecule has 34 nitrogen and oxygen atoms in total. The number of phenols is 2. The molecule has 92 heavy (non-hydrogen) atoms. The minimum Gasteiger partial charge on any atom is -0.508 e. The Bertz CT molecular complexity index is 2800. The van der Waals surface area contributed by atoms with Crippen LogP contribution in [0.1, 0.15) is 96.6 Å². The van der Waals surface area contributed by atoms with Crippen LogP contribution in [0, 0.1) is 11.8 Å². The van der Waals surface area contributed by atoms with E-state index in [0.717, 1.165) is 0 Å². The predicted octanol–water partition coefficient (Wildman–Crippen LogP) is -6.88. The van der Waals surface area contributed by atoms with Crippen molar-refractivity contribution in [3.8, 4) is 11.5 Å². The molecule has 0 saturated carbocycles. The first-order valence-electron chi connectivity index (χ1n) is 30.2. The number of aliphatic hydroxyl groups is 2. The highest BCUT2D eigenvalue weighted by atomic mass is 16.3. The zero-order valence-electron chi connectivity index (χ0n) is 52.4. The standard InChI is InChI=1S/C58H95N19O15/c1-5-31(3)46(76-49(85)37(59)25-33-14-18-35(80)19-15-33)55(91)69-27-44(82)71-42(29-78)53(89)74-40(12-9-23-67-57(62)63)51(87)66-22-8-7-11-39(48(61)84)73-52(88)41(13-10-24-68-58(64)65)75-54(90)43(30-79)72-45(83)28-70-56(92)47(32(4)6-2)77-50(86)38(60)26-34-16-20-36(81)21-17-34/h14-21,31-32,37-43,46-47,78-81H,5-13,22-30,59-60H2,1-4H3,(H2,61,84)(H,66,87)(H,69,91)(H,70,92)(H,71,82)(H,72,83)(H,73,88)(H,74,89)(H,75,90)(H,76,85)(H,77,86)(H4,62,63,67)(H4,64,65,68)/t31-,32-,37-,38-,39-,40-,41-,42-,43-,46-,47-/m0/s1. The number of guanidine groups is 2. The summed E-state index contributed by atoms with van der Waals surface area (Å²) in [4.78, 5) is 154. The number of amides is 11. The number of carbonyl (C=O) groups is 11. The van der Waals surface area contributed by atoms with E-state index >= 15 is 0 Å². The molecule has 0 aliphatic carbocycles. The largest absolute Gasteiger partial charge is 0.508 e. The molecule has 0 unspecified atom stereocenters. The van der Waals surface area contributed by atoms with Crippen molar-refractivity contribution in [1.29, 1.82) is 0 Å².